The number of amides is 1. The summed E-state index contributed by atoms with van der Waals surface area (Å²) in [5.74, 6) is -0.168. The van der Waals surface area contributed by atoms with Gasteiger partial charge < -0.3 is 4.90 Å². The molecule has 1 aliphatic heterocycles. The third-order valence-corrected chi connectivity index (χ3v) is 7.59. The van der Waals surface area contributed by atoms with Crippen LogP contribution in [0.5, 0.6) is 0 Å². The van der Waals surface area contributed by atoms with Crippen molar-refractivity contribution in [2.75, 3.05) is 19.6 Å². The van der Waals surface area contributed by atoms with E-state index in [9.17, 15) is 13.2 Å². The summed E-state index contributed by atoms with van der Waals surface area (Å²) in [6.07, 6.45) is 1.73. The summed E-state index contributed by atoms with van der Waals surface area (Å²) in [5.41, 5.74) is 1.31. The Morgan fingerprint density at radius 3 is 2.54 bits per heavy atom. The fourth-order valence-electron chi connectivity index (χ4n) is 3.75. The van der Waals surface area contributed by atoms with E-state index >= 15 is 0 Å². The van der Waals surface area contributed by atoms with Gasteiger partial charge in [0.15, 0.2) is 0 Å². The zero-order valence-electron chi connectivity index (χ0n) is 16.1. The molecule has 0 aromatic heterocycles. The molecule has 7 heteroatoms. The lowest BCUT2D eigenvalue weighted by atomic mass is 10.0. The maximum Gasteiger partial charge on any atom is 0.254 e. The van der Waals surface area contributed by atoms with Crippen LogP contribution in [-0.4, -0.2) is 43.2 Å². The van der Waals surface area contributed by atoms with Crippen LogP contribution < -0.4 is 0 Å². The lowest BCUT2D eigenvalue weighted by molar-refractivity contribution is 0.0735. The molecule has 5 nitrogen and oxygen atoms in total. The van der Waals surface area contributed by atoms with Crippen molar-refractivity contribution in [3.63, 3.8) is 0 Å². The first-order chi connectivity index (χ1) is 13.4. The van der Waals surface area contributed by atoms with Gasteiger partial charge in [0.25, 0.3) is 5.91 Å². The van der Waals surface area contributed by atoms with Crippen molar-refractivity contribution in [1.82, 2.24) is 9.21 Å². The Bertz CT molecular complexity index is 958. The summed E-state index contributed by atoms with van der Waals surface area (Å²) in [6, 6.07) is 13.8. The Morgan fingerprint density at radius 2 is 1.86 bits per heavy atom. The van der Waals surface area contributed by atoms with Gasteiger partial charge in [-0.1, -0.05) is 49.7 Å². The number of carbonyl (C=O) groups excluding carboxylic acids is 1. The van der Waals surface area contributed by atoms with Crippen molar-refractivity contribution in [3.8, 4) is 0 Å². The first-order valence-electron chi connectivity index (χ1n) is 9.55. The quantitative estimate of drug-likeness (QED) is 0.698. The van der Waals surface area contributed by atoms with Crippen LogP contribution in [0, 0.1) is 0 Å². The third kappa shape index (κ3) is 3.95. The lowest BCUT2D eigenvalue weighted by Gasteiger charge is -2.26. The van der Waals surface area contributed by atoms with E-state index in [0.29, 0.717) is 30.2 Å². The number of sulfonamides is 1. The number of carbonyl (C=O) groups is 1. The highest BCUT2D eigenvalue weighted by molar-refractivity contribution is 7.89. The van der Waals surface area contributed by atoms with Crippen molar-refractivity contribution >= 4 is 27.5 Å². The van der Waals surface area contributed by atoms with Gasteiger partial charge in [-0.3, -0.25) is 4.79 Å². The van der Waals surface area contributed by atoms with Crippen LogP contribution in [0.3, 0.4) is 0 Å². The van der Waals surface area contributed by atoms with Crippen LogP contribution in [0.4, 0.5) is 0 Å². The molecule has 2 aromatic carbocycles. The van der Waals surface area contributed by atoms with Gasteiger partial charge in [-0.25, -0.2) is 8.42 Å². The third-order valence-electron chi connectivity index (χ3n) is 5.20. The summed E-state index contributed by atoms with van der Waals surface area (Å²) in [4.78, 5) is 15.1. The van der Waals surface area contributed by atoms with Gasteiger partial charge in [0.1, 0.15) is 0 Å². The Labute approximate surface area is 172 Å². The highest BCUT2D eigenvalue weighted by atomic mass is 35.5. The lowest BCUT2D eigenvalue weighted by Crippen LogP contribution is -2.32. The number of nitrogens with zero attached hydrogens (tertiary/aromatic N) is 2. The predicted octanol–water partition coefficient (Wildman–Crippen LogP) is 4.35. The molecule has 0 aliphatic carbocycles. The van der Waals surface area contributed by atoms with Crippen molar-refractivity contribution in [2.45, 2.75) is 37.6 Å². The fourth-order valence-corrected chi connectivity index (χ4v) is 5.51. The van der Waals surface area contributed by atoms with Gasteiger partial charge in [0.2, 0.25) is 10.0 Å². The molecule has 0 spiro atoms. The SMILES string of the molecule is CCN(CC)S(=O)(=O)c1cccc(C(=O)N2CCCC2c2ccccc2Cl)c1. The zero-order chi connectivity index (χ0) is 20.3. The van der Waals surface area contributed by atoms with Gasteiger partial charge in [-0.15, -0.1) is 0 Å². The van der Waals surface area contributed by atoms with E-state index in [-0.39, 0.29) is 16.8 Å². The standard InChI is InChI=1S/C21H25ClN2O3S/c1-3-23(4-2)28(26,27)17-10-7-9-16(15-17)21(25)24-14-8-13-20(24)18-11-5-6-12-19(18)22/h5-7,9-12,15,20H,3-4,8,13-14H2,1-2H3. The molecule has 0 radical (unpaired) electrons. The maximum atomic E-state index is 13.2. The largest absolute Gasteiger partial charge is 0.332 e. The van der Waals surface area contributed by atoms with Crippen molar-refractivity contribution in [3.05, 3.63) is 64.7 Å². The molecule has 0 N–H and O–H groups in total. The minimum Gasteiger partial charge on any atom is -0.332 e. The van der Waals surface area contributed by atoms with E-state index in [1.54, 1.807) is 36.9 Å². The van der Waals surface area contributed by atoms with Gasteiger partial charge >= 0.3 is 0 Å². The summed E-state index contributed by atoms with van der Waals surface area (Å²) in [7, 11) is -3.61. The number of benzene rings is 2. The van der Waals surface area contributed by atoms with Crippen molar-refractivity contribution in [2.24, 2.45) is 0 Å². The second-order valence-corrected chi connectivity index (χ2v) is 9.14. The molecule has 1 heterocycles. The Balaban J connectivity index is 1.92. The molecule has 150 valence electrons. The molecule has 0 bridgehead atoms. The van der Waals surface area contributed by atoms with E-state index in [2.05, 4.69) is 0 Å². The van der Waals surface area contributed by atoms with Gasteiger partial charge in [-0.05, 0) is 42.7 Å². The Kier molecular flexibility index (Phi) is 6.43. The van der Waals surface area contributed by atoms with Gasteiger partial charge in [0.05, 0.1) is 10.9 Å². The molecular formula is C21H25ClN2O3S. The monoisotopic (exact) mass is 420 g/mol. The summed E-state index contributed by atoms with van der Waals surface area (Å²) >= 11 is 6.35. The number of hydrogen-bond donors (Lipinski definition) is 0. The van der Waals surface area contributed by atoms with Crippen LogP contribution in [0.1, 0.15) is 48.7 Å². The topological polar surface area (TPSA) is 57.7 Å². The summed E-state index contributed by atoms with van der Waals surface area (Å²) < 4.78 is 27.0. The molecule has 1 atom stereocenters. The summed E-state index contributed by atoms with van der Waals surface area (Å²) in [6.45, 7) is 5.00. The highest BCUT2D eigenvalue weighted by Gasteiger charge is 2.32. The average Bonchev–Trinajstić information content (AvgIpc) is 3.18. The second kappa shape index (κ2) is 8.64. The van der Waals surface area contributed by atoms with Crippen molar-refractivity contribution in [1.29, 1.82) is 0 Å². The normalized spacial score (nSPS) is 17.3. The summed E-state index contributed by atoms with van der Waals surface area (Å²) in [5, 5.41) is 0.644. The van der Waals surface area contributed by atoms with Crippen LogP contribution in [-0.2, 0) is 10.0 Å². The van der Waals surface area contributed by atoms with E-state index in [1.807, 2.05) is 24.3 Å². The van der Waals surface area contributed by atoms with Crippen LogP contribution in [0.25, 0.3) is 0 Å². The number of hydrogen-bond acceptors (Lipinski definition) is 3. The molecule has 0 saturated carbocycles. The molecule has 3 rings (SSSR count). The molecular weight excluding hydrogens is 396 g/mol. The molecule has 1 amide bonds. The number of likely N-dealkylation sites (tertiary alicyclic amines) is 1. The van der Waals surface area contributed by atoms with Gasteiger partial charge in [0, 0.05) is 30.2 Å². The number of rotatable bonds is 6. The minimum absolute atomic E-state index is 0.0933. The zero-order valence-corrected chi connectivity index (χ0v) is 17.7. The second-order valence-electron chi connectivity index (χ2n) is 6.80. The number of halogens is 1. The fraction of sp³-hybridized carbons (Fsp3) is 0.381. The molecule has 2 aromatic rings. The average molecular weight is 421 g/mol. The predicted molar refractivity (Wildman–Crippen MR) is 111 cm³/mol. The molecule has 1 unspecified atom stereocenters. The molecule has 1 fully saturated rings. The van der Waals surface area contributed by atoms with Crippen LogP contribution in [0.2, 0.25) is 5.02 Å². The van der Waals surface area contributed by atoms with Crippen molar-refractivity contribution < 1.29 is 13.2 Å². The molecule has 1 aliphatic rings. The van der Waals surface area contributed by atoms with E-state index in [4.69, 9.17) is 11.6 Å². The van der Waals surface area contributed by atoms with Gasteiger partial charge in [-0.2, -0.15) is 4.31 Å². The first kappa shape index (κ1) is 20.8. The first-order valence-corrected chi connectivity index (χ1v) is 11.4. The van der Waals surface area contributed by atoms with E-state index < -0.39 is 10.0 Å². The smallest absolute Gasteiger partial charge is 0.254 e. The van der Waals surface area contributed by atoms with E-state index in [1.165, 1.54) is 10.4 Å². The molecule has 1 saturated heterocycles. The Morgan fingerprint density at radius 1 is 1.14 bits per heavy atom. The van der Waals surface area contributed by atoms with Crippen LogP contribution >= 0.6 is 11.6 Å². The highest BCUT2D eigenvalue weighted by Crippen LogP contribution is 2.36. The maximum absolute atomic E-state index is 13.2. The Hall–Kier alpha value is -1.89. The van der Waals surface area contributed by atoms with E-state index in [0.717, 1.165) is 18.4 Å². The molecule has 28 heavy (non-hydrogen) atoms. The minimum atomic E-state index is -3.61. The van der Waals surface area contributed by atoms with Crippen LogP contribution in [0.15, 0.2) is 53.4 Å².